The van der Waals surface area contributed by atoms with Crippen molar-refractivity contribution < 1.29 is 9.53 Å². The molecular formula is C17H21N3O2S. The second-order valence-electron chi connectivity index (χ2n) is 5.70. The zero-order chi connectivity index (χ0) is 16.1. The summed E-state index contributed by atoms with van der Waals surface area (Å²) >= 11 is 1.48. The van der Waals surface area contributed by atoms with Crippen molar-refractivity contribution in [3.05, 3.63) is 46.2 Å². The molecule has 1 saturated heterocycles. The van der Waals surface area contributed by atoms with Crippen molar-refractivity contribution in [2.45, 2.75) is 38.3 Å². The molecule has 1 amide bonds. The van der Waals surface area contributed by atoms with E-state index in [1.807, 2.05) is 22.4 Å². The molecule has 3 heterocycles. The number of nitrogens with zero attached hydrogens (tertiary/aromatic N) is 3. The number of likely N-dealkylation sites (tertiary alicyclic amines) is 1. The molecule has 0 bridgehead atoms. The van der Waals surface area contributed by atoms with E-state index in [1.165, 1.54) is 11.3 Å². The van der Waals surface area contributed by atoms with E-state index in [9.17, 15) is 4.79 Å². The molecule has 5 nitrogen and oxygen atoms in total. The van der Waals surface area contributed by atoms with Crippen molar-refractivity contribution in [1.29, 1.82) is 0 Å². The number of aromatic nitrogens is 2. The first-order chi connectivity index (χ1) is 11.3. The lowest BCUT2D eigenvalue weighted by atomic mass is 10.0. The second kappa shape index (κ2) is 7.66. The van der Waals surface area contributed by atoms with Crippen LogP contribution in [-0.4, -0.2) is 34.4 Å². The van der Waals surface area contributed by atoms with Crippen LogP contribution in [0, 0.1) is 0 Å². The quantitative estimate of drug-likeness (QED) is 0.861. The summed E-state index contributed by atoms with van der Waals surface area (Å²) in [6.07, 6.45) is 7.93. The van der Waals surface area contributed by atoms with E-state index in [0.717, 1.165) is 42.8 Å². The number of amides is 1. The van der Waals surface area contributed by atoms with Gasteiger partial charge in [-0.15, -0.1) is 11.3 Å². The largest absolute Gasteiger partial charge is 0.378 e. The number of carbonyl (C=O) groups is 1. The third kappa shape index (κ3) is 3.76. The van der Waals surface area contributed by atoms with Gasteiger partial charge in [0, 0.05) is 31.4 Å². The molecule has 1 aliphatic heterocycles. The van der Waals surface area contributed by atoms with Crippen LogP contribution in [-0.2, 0) is 11.3 Å². The lowest BCUT2D eigenvalue weighted by Crippen LogP contribution is -2.35. The normalized spacial score (nSPS) is 18.7. The molecule has 1 aliphatic rings. The first-order valence-corrected chi connectivity index (χ1v) is 8.82. The van der Waals surface area contributed by atoms with Gasteiger partial charge < -0.3 is 9.64 Å². The number of rotatable bonds is 4. The number of carbonyl (C=O) groups excluding carboxylic acids is 1. The van der Waals surface area contributed by atoms with E-state index in [2.05, 4.69) is 9.97 Å². The molecule has 1 atom stereocenters. The molecule has 1 fully saturated rings. The summed E-state index contributed by atoms with van der Waals surface area (Å²) in [5.74, 6) is 0.0207. The molecule has 3 rings (SSSR count). The van der Waals surface area contributed by atoms with Crippen LogP contribution in [0.4, 0.5) is 0 Å². The van der Waals surface area contributed by atoms with Gasteiger partial charge in [-0.1, -0.05) is 12.8 Å². The van der Waals surface area contributed by atoms with Gasteiger partial charge in [0.2, 0.25) is 0 Å². The Morgan fingerprint density at radius 3 is 2.96 bits per heavy atom. The Morgan fingerprint density at radius 1 is 1.35 bits per heavy atom. The monoisotopic (exact) mass is 331 g/mol. The van der Waals surface area contributed by atoms with Gasteiger partial charge in [-0.25, -0.2) is 4.98 Å². The van der Waals surface area contributed by atoms with Crippen molar-refractivity contribution in [3.63, 3.8) is 0 Å². The van der Waals surface area contributed by atoms with E-state index in [4.69, 9.17) is 4.74 Å². The molecule has 0 radical (unpaired) electrons. The maximum Gasteiger partial charge on any atom is 0.273 e. The minimum absolute atomic E-state index is 0.0207. The van der Waals surface area contributed by atoms with Crippen LogP contribution in [0.1, 0.15) is 52.8 Å². The SMILES string of the molecule is COCc1nc(C(=O)N2CCCCC[C@H]2c2ccncc2)cs1. The fourth-order valence-corrected chi connectivity index (χ4v) is 3.77. The van der Waals surface area contributed by atoms with Gasteiger partial charge in [-0.05, 0) is 30.5 Å². The third-order valence-corrected chi connectivity index (χ3v) is 4.97. The summed E-state index contributed by atoms with van der Waals surface area (Å²) in [5.41, 5.74) is 1.69. The van der Waals surface area contributed by atoms with E-state index in [0.29, 0.717) is 12.3 Å². The Labute approximate surface area is 140 Å². The highest BCUT2D eigenvalue weighted by molar-refractivity contribution is 7.09. The Kier molecular flexibility index (Phi) is 5.35. The number of hydrogen-bond donors (Lipinski definition) is 0. The zero-order valence-electron chi connectivity index (χ0n) is 13.3. The average Bonchev–Trinajstić information content (AvgIpc) is 2.91. The van der Waals surface area contributed by atoms with Crippen molar-refractivity contribution in [2.75, 3.05) is 13.7 Å². The van der Waals surface area contributed by atoms with E-state index in [1.54, 1.807) is 19.5 Å². The van der Waals surface area contributed by atoms with Crippen LogP contribution in [0.5, 0.6) is 0 Å². The molecule has 122 valence electrons. The minimum Gasteiger partial charge on any atom is -0.378 e. The number of ether oxygens (including phenoxy) is 1. The molecule has 2 aromatic rings. The van der Waals surface area contributed by atoms with Gasteiger partial charge in [0.1, 0.15) is 10.7 Å². The molecule has 0 aromatic carbocycles. The molecule has 0 aliphatic carbocycles. The molecule has 6 heteroatoms. The van der Waals surface area contributed by atoms with Gasteiger partial charge in [0.05, 0.1) is 12.6 Å². The first kappa shape index (κ1) is 16.1. The molecule has 0 N–H and O–H groups in total. The molecule has 0 unspecified atom stereocenters. The summed E-state index contributed by atoms with van der Waals surface area (Å²) in [4.78, 5) is 23.5. The van der Waals surface area contributed by atoms with Crippen molar-refractivity contribution >= 4 is 17.2 Å². The molecule has 0 saturated carbocycles. The van der Waals surface area contributed by atoms with Crippen LogP contribution in [0.2, 0.25) is 0 Å². The fourth-order valence-electron chi connectivity index (χ4n) is 3.03. The maximum absolute atomic E-state index is 13.0. The molecule has 2 aromatic heterocycles. The number of hydrogen-bond acceptors (Lipinski definition) is 5. The van der Waals surface area contributed by atoms with E-state index < -0.39 is 0 Å². The van der Waals surface area contributed by atoms with Crippen LogP contribution < -0.4 is 0 Å². The predicted octanol–water partition coefficient (Wildman–Crippen LogP) is 3.44. The lowest BCUT2D eigenvalue weighted by Gasteiger charge is -2.29. The number of methoxy groups -OCH3 is 1. The zero-order valence-corrected chi connectivity index (χ0v) is 14.1. The average molecular weight is 331 g/mol. The summed E-state index contributed by atoms with van der Waals surface area (Å²) in [5, 5.41) is 2.68. The smallest absolute Gasteiger partial charge is 0.273 e. The summed E-state index contributed by atoms with van der Waals surface area (Å²) in [7, 11) is 1.64. The number of thiazole rings is 1. The number of pyridine rings is 1. The summed E-state index contributed by atoms with van der Waals surface area (Å²) in [6, 6.07) is 4.13. The Morgan fingerprint density at radius 2 is 2.17 bits per heavy atom. The van der Waals surface area contributed by atoms with Crippen LogP contribution in [0.15, 0.2) is 29.9 Å². The summed E-state index contributed by atoms with van der Waals surface area (Å²) in [6.45, 7) is 1.23. The van der Waals surface area contributed by atoms with E-state index >= 15 is 0 Å². The topological polar surface area (TPSA) is 55.3 Å². The van der Waals surface area contributed by atoms with Gasteiger partial charge in [0.15, 0.2) is 0 Å². The lowest BCUT2D eigenvalue weighted by molar-refractivity contribution is 0.0675. The molecular weight excluding hydrogens is 310 g/mol. The maximum atomic E-state index is 13.0. The van der Waals surface area contributed by atoms with Crippen LogP contribution in [0.25, 0.3) is 0 Å². The highest BCUT2D eigenvalue weighted by atomic mass is 32.1. The van der Waals surface area contributed by atoms with Gasteiger partial charge in [-0.3, -0.25) is 9.78 Å². The first-order valence-electron chi connectivity index (χ1n) is 7.94. The van der Waals surface area contributed by atoms with Gasteiger partial charge in [0.25, 0.3) is 5.91 Å². The Hall–Kier alpha value is -1.79. The predicted molar refractivity (Wildman–Crippen MR) is 89.3 cm³/mol. The van der Waals surface area contributed by atoms with E-state index in [-0.39, 0.29) is 11.9 Å². The highest BCUT2D eigenvalue weighted by Crippen LogP contribution is 2.31. The van der Waals surface area contributed by atoms with Crippen molar-refractivity contribution in [1.82, 2.24) is 14.9 Å². The second-order valence-corrected chi connectivity index (χ2v) is 6.65. The van der Waals surface area contributed by atoms with Crippen LogP contribution >= 0.6 is 11.3 Å². The van der Waals surface area contributed by atoms with Crippen molar-refractivity contribution in [2.24, 2.45) is 0 Å². The third-order valence-electron chi connectivity index (χ3n) is 4.14. The minimum atomic E-state index is 0.0207. The fraction of sp³-hybridized carbons (Fsp3) is 0.471. The molecule has 0 spiro atoms. The van der Waals surface area contributed by atoms with Gasteiger partial charge >= 0.3 is 0 Å². The standard InChI is InChI=1S/C17H21N3O2S/c1-22-11-16-19-14(12-23-16)17(21)20-10-4-2-3-5-15(20)13-6-8-18-9-7-13/h6-9,12,15H,2-5,10-11H2,1H3/t15-/m0/s1. The highest BCUT2D eigenvalue weighted by Gasteiger charge is 2.28. The summed E-state index contributed by atoms with van der Waals surface area (Å²) < 4.78 is 5.09. The Bertz CT molecular complexity index is 644. The van der Waals surface area contributed by atoms with Gasteiger partial charge in [-0.2, -0.15) is 0 Å². The molecule has 23 heavy (non-hydrogen) atoms. The Balaban J connectivity index is 1.85. The van der Waals surface area contributed by atoms with Crippen LogP contribution in [0.3, 0.4) is 0 Å². The van der Waals surface area contributed by atoms with Crippen molar-refractivity contribution in [3.8, 4) is 0 Å².